The van der Waals surface area contributed by atoms with E-state index in [9.17, 15) is 25.1 Å². The first kappa shape index (κ1) is 16.2. The van der Waals surface area contributed by atoms with Crippen LogP contribution in [0.2, 0.25) is 5.02 Å². The normalized spacial score (nSPS) is 13.6. The van der Waals surface area contributed by atoms with Gasteiger partial charge in [0.05, 0.1) is 4.92 Å². The number of hydrogen-bond donors (Lipinski definition) is 4. The van der Waals surface area contributed by atoms with Gasteiger partial charge in [-0.1, -0.05) is 11.6 Å². The molecule has 1 aromatic carbocycles. The molecule has 0 aliphatic carbocycles. The minimum absolute atomic E-state index is 0.00618. The Labute approximate surface area is 119 Å². The summed E-state index contributed by atoms with van der Waals surface area (Å²) in [6.45, 7) is 1.02. The van der Waals surface area contributed by atoms with E-state index in [0.29, 0.717) is 0 Å². The van der Waals surface area contributed by atoms with Crippen LogP contribution in [0.3, 0.4) is 0 Å². The second-order valence-corrected chi connectivity index (χ2v) is 4.57. The number of hydrogen-bond acceptors (Lipinski definition) is 6. The molecule has 1 aromatic rings. The zero-order chi connectivity index (χ0) is 15.4. The lowest BCUT2D eigenvalue weighted by Crippen LogP contribution is -2.34. The van der Waals surface area contributed by atoms with E-state index in [1.165, 1.54) is 13.0 Å². The number of nitro benzene ring substituents is 1. The van der Waals surface area contributed by atoms with E-state index in [1.807, 2.05) is 0 Å². The summed E-state index contributed by atoms with van der Waals surface area (Å²) in [5.41, 5.74) is 4.78. The van der Waals surface area contributed by atoms with Crippen LogP contribution < -0.4 is 11.1 Å². The summed E-state index contributed by atoms with van der Waals surface area (Å²) in [4.78, 5) is 20.8. The number of carbonyl (C=O) groups is 1. The number of amides is 1. The topological polar surface area (TPSA) is 139 Å². The summed E-state index contributed by atoms with van der Waals surface area (Å²) in [5.74, 6) is -0.388. The highest BCUT2D eigenvalue weighted by molar-refractivity contribution is 6.31. The maximum Gasteiger partial charge on any atom is 0.293 e. The maximum atomic E-state index is 10.8. The molecule has 5 N–H and O–H groups in total. The second-order valence-electron chi connectivity index (χ2n) is 4.13. The molecule has 9 heteroatoms. The van der Waals surface area contributed by atoms with Gasteiger partial charge in [-0.25, -0.2) is 0 Å². The Bertz CT molecular complexity index is 537. The van der Waals surface area contributed by atoms with Crippen molar-refractivity contribution in [2.24, 2.45) is 0 Å². The molecule has 2 unspecified atom stereocenters. The minimum Gasteiger partial charge on any atom is -0.393 e. The van der Waals surface area contributed by atoms with Crippen LogP contribution in [0.1, 0.15) is 18.6 Å². The molecule has 1 amide bonds. The number of benzene rings is 1. The third-order valence-corrected chi connectivity index (χ3v) is 2.81. The lowest BCUT2D eigenvalue weighted by molar-refractivity contribution is -0.384. The maximum absolute atomic E-state index is 10.8. The van der Waals surface area contributed by atoms with Crippen LogP contribution in [-0.4, -0.2) is 33.7 Å². The quantitative estimate of drug-likeness (QED) is 0.352. The number of nitrogens with zero attached hydrogens (tertiary/aromatic N) is 1. The van der Waals surface area contributed by atoms with Crippen molar-refractivity contribution in [3.63, 3.8) is 0 Å². The Morgan fingerprint density at radius 3 is 2.65 bits per heavy atom. The van der Waals surface area contributed by atoms with E-state index in [1.54, 1.807) is 0 Å². The molecule has 20 heavy (non-hydrogen) atoms. The number of aliphatic hydroxyl groups is 2. The average Bonchev–Trinajstić information content (AvgIpc) is 2.36. The molecule has 110 valence electrons. The Morgan fingerprint density at radius 1 is 1.55 bits per heavy atom. The zero-order valence-electron chi connectivity index (χ0n) is 10.5. The molecule has 0 saturated carbocycles. The molecule has 0 aromatic heterocycles. The van der Waals surface area contributed by atoms with Crippen molar-refractivity contribution in [3.05, 3.63) is 32.8 Å². The summed E-state index contributed by atoms with van der Waals surface area (Å²) in [6.07, 6.45) is -2.89. The van der Waals surface area contributed by atoms with E-state index in [-0.39, 0.29) is 28.7 Å². The molecular weight excluding hydrogens is 290 g/mol. The van der Waals surface area contributed by atoms with E-state index in [2.05, 4.69) is 5.32 Å². The molecule has 0 aliphatic heterocycles. The van der Waals surface area contributed by atoms with Crippen LogP contribution in [0.5, 0.6) is 0 Å². The van der Waals surface area contributed by atoms with Crippen LogP contribution in [-0.2, 0) is 4.79 Å². The van der Waals surface area contributed by atoms with Gasteiger partial charge in [0.1, 0.15) is 17.9 Å². The van der Waals surface area contributed by atoms with Crippen molar-refractivity contribution >= 4 is 28.9 Å². The Hall–Kier alpha value is -1.90. The van der Waals surface area contributed by atoms with Gasteiger partial charge in [0.25, 0.3) is 5.69 Å². The van der Waals surface area contributed by atoms with E-state index in [0.717, 1.165) is 6.07 Å². The van der Waals surface area contributed by atoms with Crippen LogP contribution in [0.4, 0.5) is 11.4 Å². The lowest BCUT2D eigenvalue weighted by Gasteiger charge is -2.20. The lowest BCUT2D eigenvalue weighted by atomic mass is 10.0. The predicted octanol–water partition coefficient (Wildman–Crippen LogP) is 0.361. The Kier molecular flexibility index (Phi) is 5.26. The van der Waals surface area contributed by atoms with Gasteiger partial charge in [0.2, 0.25) is 5.91 Å². The number of nitro groups is 1. The van der Waals surface area contributed by atoms with Gasteiger partial charge in [-0.05, 0) is 6.07 Å². The van der Waals surface area contributed by atoms with Crippen LogP contribution in [0, 0.1) is 10.1 Å². The summed E-state index contributed by atoms with van der Waals surface area (Å²) in [6, 6.07) is 2.28. The zero-order valence-corrected chi connectivity index (χ0v) is 11.3. The highest BCUT2D eigenvalue weighted by Crippen LogP contribution is 2.34. The first-order valence-electron chi connectivity index (χ1n) is 5.58. The predicted molar refractivity (Wildman–Crippen MR) is 72.2 cm³/mol. The molecule has 0 heterocycles. The number of nitrogens with two attached hydrogens (primary N) is 1. The van der Waals surface area contributed by atoms with Crippen LogP contribution in [0.25, 0.3) is 0 Å². The minimum atomic E-state index is -1.51. The largest absolute Gasteiger partial charge is 0.393 e. The Morgan fingerprint density at radius 2 is 2.15 bits per heavy atom. The SMILES string of the molecule is CC(=O)NCC(O)C(O)c1cc(Cl)cc([N+](=O)[O-])c1N. The molecule has 0 bridgehead atoms. The number of nitrogens with one attached hydrogen (secondary N) is 1. The molecule has 0 radical (unpaired) electrons. The first-order chi connectivity index (χ1) is 9.23. The van der Waals surface area contributed by atoms with Crippen LogP contribution >= 0.6 is 11.6 Å². The Balaban J connectivity index is 3.06. The monoisotopic (exact) mass is 303 g/mol. The third-order valence-electron chi connectivity index (χ3n) is 2.59. The fourth-order valence-electron chi connectivity index (χ4n) is 1.59. The van der Waals surface area contributed by atoms with E-state index in [4.69, 9.17) is 17.3 Å². The number of anilines is 1. The van der Waals surface area contributed by atoms with Gasteiger partial charge >= 0.3 is 0 Å². The first-order valence-corrected chi connectivity index (χ1v) is 5.95. The summed E-state index contributed by atoms with van der Waals surface area (Å²) in [5, 5.41) is 32.8. The van der Waals surface area contributed by atoms with Crippen LogP contribution in [0.15, 0.2) is 12.1 Å². The fourth-order valence-corrected chi connectivity index (χ4v) is 1.81. The van der Waals surface area contributed by atoms with Crippen molar-refractivity contribution in [2.75, 3.05) is 12.3 Å². The molecule has 0 fully saturated rings. The van der Waals surface area contributed by atoms with Gasteiger partial charge < -0.3 is 21.3 Å². The number of halogens is 1. The van der Waals surface area contributed by atoms with Gasteiger partial charge in [-0.3, -0.25) is 14.9 Å². The average molecular weight is 304 g/mol. The van der Waals surface area contributed by atoms with Crippen molar-refractivity contribution in [1.82, 2.24) is 5.32 Å². The second kappa shape index (κ2) is 6.51. The standard InChI is InChI=1S/C11H14ClN3O5/c1-5(16)14-4-9(17)11(18)7-2-6(12)3-8(10(7)13)15(19)20/h2-3,9,11,17-18H,4,13H2,1H3,(H,14,16). The third kappa shape index (κ3) is 3.80. The van der Waals surface area contributed by atoms with Gasteiger partial charge in [0, 0.05) is 30.1 Å². The van der Waals surface area contributed by atoms with E-state index >= 15 is 0 Å². The van der Waals surface area contributed by atoms with Crippen molar-refractivity contribution in [2.45, 2.75) is 19.1 Å². The van der Waals surface area contributed by atoms with Gasteiger partial charge in [0.15, 0.2) is 0 Å². The molecule has 8 nitrogen and oxygen atoms in total. The highest BCUT2D eigenvalue weighted by atomic mass is 35.5. The van der Waals surface area contributed by atoms with Gasteiger partial charge in [-0.15, -0.1) is 0 Å². The molecule has 0 aliphatic rings. The molecular formula is C11H14ClN3O5. The number of nitrogen functional groups attached to an aromatic ring is 1. The molecule has 2 atom stereocenters. The highest BCUT2D eigenvalue weighted by Gasteiger charge is 2.26. The number of rotatable bonds is 5. The van der Waals surface area contributed by atoms with Gasteiger partial charge in [-0.2, -0.15) is 0 Å². The molecule has 1 rings (SSSR count). The molecule has 0 saturated heterocycles. The smallest absolute Gasteiger partial charge is 0.293 e. The van der Waals surface area contributed by atoms with Crippen molar-refractivity contribution in [1.29, 1.82) is 0 Å². The fraction of sp³-hybridized carbons (Fsp3) is 0.364. The summed E-state index contributed by atoms with van der Waals surface area (Å²) >= 11 is 5.72. The number of carbonyl (C=O) groups excluding carboxylic acids is 1. The van der Waals surface area contributed by atoms with Crippen molar-refractivity contribution in [3.8, 4) is 0 Å². The summed E-state index contributed by atoms with van der Waals surface area (Å²) < 4.78 is 0. The molecule has 0 spiro atoms. The number of aliphatic hydroxyl groups excluding tert-OH is 2. The van der Waals surface area contributed by atoms with Crippen molar-refractivity contribution < 1.29 is 19.9 Å². The van der Waals surface area contributed by atoms with E-state index < -0.39 is 22.8 Å². The summed E-state index contributed by atoms with van der Waals surface area (Å²) in [7, 11) is 0.